The van der Waals surface area contributed by atoms with Gasteiger partial charge in [-0.25, -0.2) is 9.78 Å². The number of ether oxygens (including phenoxy) is 1. The zero-order valence-electron chi connectivity index (χ0n) is 16.5. The lowest BCUT2D eigenvalue weighted by atomic mass is 9.97. The Bertz CT molecular complexity index is 1130. The normalized spacial score (nSPS) is 16.4. The number of piperidine rings is 1. The van der Waals surface area contributed by atoms with Crippen LogP contribution >= 0.6 is 0 Å². The summed E-state index contributed by atoms with van der Waals surface area (Å²) in [7, 11) is 1.63. The molecule has 1 atom stereocenters. The summed E-state index contributed by atoms with van der Waals surface area (Å²) >= 11 is 0. The molecule has 1 saturated heterocycles. The molecule has 1 fully saturated rings. The average molecular weight is 410 g/mol. The minimum atomic E-state index is -0.701. The number of benzene rings is 1. The molecule has 9 nitrogen and oxygen atoms in total. The van der Waals surface area contributed by atoms with E-state index in [0.29, 0.717) is 25.4 Å². The van der Waals surface area contributed by atoms with E-state index in [2.05, 4.69) is 15.0 Å². The van der Waals surface area contributed by atoms with Crippen LogP contribution in [0.5, 0.6) is 5.75 Å². The minimum absolute atomic E-state index is 0.0198. The Morgan fingerprint density at radius 3 is 2.93 bits per heavy atom. The lowest BCUT2D eigenvalue weighted by Crippen LogP contribution is -2.41. The fraction of sp³-hybridized carbons (Fsp3) is 0.333. The summed E-state index contributed by atoms with van der Waals surface area (Å²) in [5.41, 5.74) is -0.326. The van der Waals surface area contributed by atoms with Crippen LogP contribution in [0.4, 0.5) is 0 Å². The molecule has 1 aliphatic rings. The highest BCUT2D eigenvalue weighted by atomic mass is 16.5. The number of nitrogens with zero attached hydrogens (tertiary/aromatic N) is 2. The fourth-order valence-electron chi connectivity index (χ4n) is 3.75. The van der Waals surface area contributed by atoms with Gasteiger partial charge in [-0.3, -0.25) is 14.6 Å². The topological polar surface area (TPSA) is 121 Å². The molecule has 0 saturated carbocycles. The van der Waals surface area contributed by atoms with E-state index in [1.165, 1.54) is 0 Å². The van der Waals surface area contributed by atoms with Gasteiger partial charge < -0.3 is 19.0 Å². The Labute approximate surface area is 171 Å². The van der Waals surface area contributed by atoms with Crippen LogP contribution in [0.1, 0.15) is 46.5 Å². The average Bonchev–Trinajstić information content (AvgIpc) is 3.21. The number of likely N-dealkylation sites (tertiary alicyclic amines) is 1. The first-order valence-electron chi connectivity index (χ1n) is 9.73. The van der Waals surface area contributed by atoms with E-state index in [-0.39, 0.29) is 17.5 Å². The molecule has 156 valence electrons. The lowest BCUT2D eigenvalue weighted by Gasteiger charge is -2.31. The number of hydrogen-bond acceptors (Lipinski definition) is 6. The van der Waals surface area contributed by atoms with Crippen molar-refractivity contribution < 1.29 is 13.9 Å². The number of methoxy groups -OCH3 is 1. The summed E-state index contributed by atoms with van der Waals surface area (Å²) in [6, 6.07) is 8.83. The molecule has 3 aromatic rings. The molecule has 1 aromatic carbocycles. The molecule has 30 heavy (non-hydrogen) atoms. The van der Waals surface area contributed by atoms with Gasteiger partial charge in [-0.2, -0.15) is 0 Å². The van der Waals surface area contributed by atoms with Crippen LogP contribution in [0.15, 0.2) is 50.5 Å². The maximum Gasteiger partial charge on any atom is 0.326 e. The van der Waals surface area contributed by atoms with Crippen molar-refractivity contribution in [3.05, 3.63) is 80.3 Å². The summed E-state index contributed by atoms with van der Waals surface area (Å²) in [6.07, 6.45) is 3.87. The molecular weight excluding hydrogens is 388 g/mol. The van der Waals surface area contributed by atoms with Crippen molar-refractivity contribution in [2.24, 2.45) is 0 Å². The Hall–Kier alpha value is -3.62. The van der Waals surface area contributed by atoms with E-state index in [1.54, 1.807) is 18.2 Å². The van der Waals surface area contributed by atoms with Gasteiger partial charge in [0.1, 0.15) is 17.2 Å². The number of rotatable bonds is 5. The van der Waals surface area contributed by atoms with Crippen molar-refractivity contribution in [1.29, 1.82) is 0 Å². The van der Waals surface area contributed by atoms with Crippen molar-refractivity contribution in [3.8, 4) is 5.75 Å². The first kappa shape index (κ1) is 19.7. The van der Waals surface area contributed by atoms with Gasteiger partial charge in [-0.15, -0.1) is 0 Å². The van der Waals surface area contributed by atoms with E-state index in [4.69, 9.17) is 9.15 Å². The minimum Gasteiger partial charge on any atom is -0.496 e. The first-order valence-corrected chi connectivity index (χ1v) is 9.73. The molecule has 1 aliphatic heterocycles. The number of amides is 1. The second-order valence-electron chi connectivity index (χ2n) is 7.25. The van der Waals surface area contributed by atoms with E-state index in [1.807, 2.05) is 24.3 Å². The number of aromatic nitrogens is 3. The third-order valence-corrected chi connectivity index (χ3v) is 5.18. The summed E-state index contributed by atoms with van der Waals surface area (Å²) in [5.74, 6) is 1.65. The second-order valence-corrected chi connectivity index (χ2v) is 7.25. The van der Waals surface area contributed by atoms with Crippen molar-refractivity contribution in [3.63, 3.8) is 0 Å². The highest BCUT2D eigenvalue weighted by molar-refractivity contribution is 5.92. The maximum absolute atomic E-state index is 12.7. The van der Waals surface area contributed by atoms with Gasteiger partial charge in [0, 0.05) is 31.1 Å². The Morgan fingerprint density at radius 1 is 1.30 bits per heavy atom. The van der Waals surface area contributed by atoms with Gasteiger partial charge in [0.2, 0.25) is 0 Å². The molecule has 2 aromatic heterocycles. The maximum atomic E-state index is 12.7. The highest BCUT2D eigenvalue weighted by Gasteiger charge is 2.29. The largest absolute Gasteiger partial charge is 0.496 e. The molecule has 4 rings (SSSR count). The van der Waals surface area contributed by atoms with Crippen molar-refractivity contribution in [1.82, 2.24) is 19.9 Å². The predicted octanol–water partition coefficient (Wildman–Crippen LogP) is 1.67. The number of nitrogens with one attached hydrogen (secondary N) is 2. The van der Waals surface area contributed by atoms with Gasteiger partial charge in [-0.05, 0) is 18.9 Å². The molecule has 0 spiro atoms. The summed E-state index contributed by atoms with van der Waals surface area (Å²) in [5, 5.41) is 0. The third-order valence-electron chi connectivity index (χ3n) is 5.18. The third kappa shape index (κ3) is 4.19. The molecule has 2 N–H and O–H groups in total. The number of H-pyrrole nitrogens is 2. The fourth-order valence-corrected chi connectivity index (χ4v) is 3.75. The van der Waals surface area contributed by atoms with Crippen molar-refractivity contribution in [2.75, 3.05) is 20.2 Å². The molecular formula is C21H22N4O5. The molecule has 0 bridgehead atoms. The Morgan fingerprint density at radius 2 is 2.13 bits per heavy atom. The van der Waals surface area contributed by atoms with E-state index < -0.39 is 11.2 Å². The molecule has 3 heterocycles. The van der Waals surface area contributed by atoms with Gasteiger partial charge >= 0.3 is 5.69 Å². The van der Waals surface area contributed by atoms with Gasteiger partial charge in [0.15, 0.2) is 5.89 Å². The zero-order valence-corrected chi connectivity index (χ0v) is 16.5. The van der Waals surface area contributed by atoms with Crippen molar-refractivity contribution in [2.45, 2.75) is 25.2 Å². The smallest absolute Gasteiger partial charge is 0.326 e. The number of carbonyl (C=O) groups is 1. The van der Waals surface area contributed by atoms with Crippen LogP contribution in [0.3, 0.4) is 0 Å². The first-order chi connectivity index (χ1) is 14.5. The van der Waals surface area contributed by atoms with Gasteiger partial charge in [0.25, 0.3) is 11.5 Å². The number of aromatic amines is 2. The standard InChI is InChI=1S/C21H22N4O5/c1-29-17-7-3-2-5-13(17)9-15-11-22-19(30-15)14-6-4-8-25(12-14)20(27)16-10-18(26)24-21(28)23-16/h2-3,5,7,10-11,14H,4,6,8-9,12H2,1H3,(H2,23,24,26,28). The number of para-hydroxylation sites is 1. The van der Waals surface area contributed by atoms with Crippen LogP contribution in [-0.4, -0.2) is 46.0 Å². The Kier molecular flexibility index (Phi) is 5.51. The van der Waals surface area contributed by atoms with Crippen molar-refractivity contribution >= 4 is 5.91 Å². The number of oxazole rings is 1. The monoisotopic (exact) mass is 410 g/mol. The molecule has 9 heteroatoms. The lowest BCUT2D eigenvalue weighted by molar-refractivity contribution is 0.0691. The predicted molar refractivity (Wildman–Crippen MR) is 108 cm³/mol. The second kappa shape index (κ2) is 8.40. The highest BCUT2D eigenvalue weighted by Crippen LogP contribution is 2.28. The van der Waals surface area contributed by atoms with E-state index >= 15 is 0 Å². The van der Waals surface area contributed by atoms with E-state index in [9.17, 15) is 14.4 Å². The number of carbonyl (C=O) groups excluding carboxylic acids is 1. The van der Waals surface area contributed by atoms with Crippen LogP contribution < -0.4 is 16.0 Å². The molecule has 1 unspecified atom stereocenters. The van der Waals surface area contributed by atoms with Crippen LogP contribution in [0.25, 0.3) is 0 Å². The quantitative estimate of drug-likeness (QED) is 0.660. The molecule has 1 amide bonds. The summed E-state index contributed by atoms with van der Waals surface area (Å²) in [4.78, 5) is 46.2. The molecule has 0 aliphatic carbocycles. The number of hydrogen-bond donors (Lipinski definition) is 2. The summed E-state index contributed by atoms with van der Waals surface area (Å²) < 4.78 is 11.4. The zero-order chi connectivity index (χ0) is 21.1. The van der Waals surface area contributed by atoms with Crippen LogP contribution in [-0.2, 0) is 6.42 Å². The van der Waals surface area contributed by atoms with Crippen LogP contribution in [0, 0.1) is 0 Å². The SMILES string of the molecule is COc1ccccc1Cc1cnc(C2CCCN(C(=O)c3cc(=O)[nH]c(=O)[nH]3)C2)o1. The molecule has 0 radical (unpaired) electrons. The Balaban J connectivity index is 1.48. The van der Waals surface area contributed by atoms with Gasteiger partial charge in [0.05, 0.1) is 19.2 Å². The summed E-state index contributed by atoms with van der Waals surface area (Å²) in [6.45, 7) is 0.946. The van der Waals surface area contributed by atoms with E-state index in [0.717, 1.165) is 36.0 Å². The van der Waals surface area contributed by atoms with Gasteiger partial charge in [-0.1, -0.05) is 18.2 Å². The van der Waals surface area contributed by atoms with Crippen LogP contribution in [0.2, 0.25) is 0 Å².